The predicted molar refractivity (Wildman–Crippen MR) is 97.5 cm³/mol. The number of benzene rings is 1. The number of hydrogen-bond donors (Lipinski definition) is 2. The van der Waals surface area contributed by atoms with Crippen LogP contribution in [0, 0.1) is 6.92 Å². The van der Waals surface area contributed by atoms with Crippen LogP contribution in [0.25, 0.3) is 0 Å². The fraction of sp³-hybridized carbons (Fsp3) is 0.294. The number of fused-ring (bicyclic) bond motifs is 1. The monoisotopic (exact) mass is 391 g/mol. The van der Waals surface area contributed by atoms with Crippen molar-refractivity contribution < 1.29 is 28.6 Å². The minimum atomic E-state index is -0.470. The predicted octanol–water partition coefficient (Wildman–Crippen LogP) is 1.98. The van der Waals surface area contributed by atoms with Crippen molar-refractivity contribution in [1.29, 1.82) is 0 Å². The summed E-state index contributed by atoms with van der Waals surface area (Å²) in [5, 5.41) is 5.53. The molecule has 142 valence electrons. The third kappa shape index (κ3) is 4.53. The van der Waals surface area contributed by atoms with Crippen LogP contribution < -0.4 is 20.1 Å². The van der Waals surface area contributed by atoms with Crippen LogP contribution in [0.3, 0.4) is 0 Å². The standard InChI is InChI=1S/C17H17N3O6S/c1-3-24-16(23)15-9(2)18-17(27-15)20-14(22)7-25-10-4-5-12-11(6-10)19-13(21)8-26-12/h4-6H,3,7-8H2,1-2H3,(H,19,21)(H,18,20,22). The van der Waals surface area contributed by atoms with Gasteiger partial charge in [0.05, 0.1) is 18.0 Å². The lowest BCUT2D eigenvalue weighted by Gasteiger charge is -2.18. The maximum atomic E-state index is 12.1. The van der Waals surface area contributed by atoms with Crippen LogP contribution in [0.4, 0.5) is 10.8 Å². The molecule has 9 nitrogen and oxygen atoms in total. The summed E-state index contributed by atoms with van der Waals surface area (Å²) in [6, 6.07) is 4.86. The van der Waals surface area contributed by atoms with Gasteiger partial charge in [-0.15, -0.1) is 0 Å². The molecule has 1 aliphatic rings. The van der Waals surface area contributed by atoms with Crippen LogP contribution >= 0.6 is 11.3 Å². The van der Waals surface area contributed by atoms with Gasteiger partial charge >= 0.3 is 5.97 Å². The van der Waals surface area contributed by atoms with E-state index < -0.39 is 11.9 Å². The van der Waals surface area contributed by atoms with Crippen LogP contribution in [-0.4, -0.2) is 42.6 Å². The highest BCUT2D eigenvalue weighted by Gasteiger charge is 2.19. The van der Waals surface area contributed by atoms with Crippen LogP contribution in [0.2, 0.25) is 0 Å². The van der Waals surface area contributed by atoms with E-state index in [0.717, 1.165) is 11.3 Å². The Labute approximate surface area is 158 Å². The number of esters is 1. The molecule has 2 heterocycles. The second kappa shape index (κ2) is 8.04. The number of carbonyl (C=O) groups excluding carboxylic acids is 3. The van der Waals surface area contributed by atoms with Crippen molar-refractivity contribution >= 4 is 39.9 Å². The smallest absolute Gasteiger partial charge is 0.350 e. The molecule has 0 aliphatic carbocycles. The number of aromatic nitrogens is 1. The van der Waals surface area contributed by atoms with Gasteiger partial charge in [0.1, 0.15) is 16.4 Å². The molecule has 2 amide bonds. The Morgan fingerprint density at radius 1 is 1.41 bits per heavy atom. The van der Waals surface area contributed by atoms with Gasteiger partial charge in [-0.2, -0.15) is 0 Å². The van der Waals surface area contributed by atoms with Crippen molar-refractivity contribution in [2.75, 3.05) is 30.5 Å². The quantitative estimate of drug-likeness (QED) is 0.723. The summed E-state index contributed by atoms with van der Waals surface area (Å²) in [6.45, 7) is 3.35. The number of amides is 2. The zero-order valence-corrected chi connectivity index (χ0v) is 15.5. The van der Waals surface area contributed by atoms with Gasteiger partial charge in [0, 0.05) is 6.07 Å². The van der Waals surface area contributed by atoms with Crippen LogP contribution in [0.5, 0.6) is 11.5 Å². The van der Waals surface area contributed by atoms with Crippen LogP contribution in [-0.2, 0) is 14.3 Å². The van der Waals surface area contributed by atoms with E-state index in [2.05, 4.69) is 15.6 Å². The van der Waals surface area contributed by atoms with Gasteiger partial charge in [-0.3, -0.25) is 14.9 Å². The molecule has 0 spiro atoms. The molecule has 0 unspecified atom stereocenters. The van der Waals surface area contributed by atoms with Crippen molar-refractivity contribution in [3.63, 3.8) is 0 Å². The van der Waals surface area contributed by atoms with Crippen molar-refractivity contribution in [3.05, 3.63) is 28.8 Å². The molecular weight excluding hydrogens is 374 g/mol. The molecule has 0 saturated heterocycles. The van der Waals surface area contributed by atoms with E-state index in [1.54, 1.807) is 32.0 Å². The Balaban J connectivity index is 1.57. The number of anilines is 2. The molecule has 0 radical (unpaired) electrons. The van der Waals surface area contributed by atoms with E-state index in [1.807, 2.05) is 0 Å². The summed E-state index contributed by atoms with van der Waals surface area (Å²) in [7, 11) is 0. The average molecular weight is 391 g/mol. The first-order chi connectivity index (χ1) is 13.0. The van der Waals surface area contributed by atoms with Gasteiger partial charge in [0.15, 0.2) is 18.3 Å². The Hall–Kier alpha value is -3.14. The normalized spacial score (nSPS) is 12.4. The molecular formula is C17H17N3O6S. The summed E-state index contributed by atoms with van der Waals surface area (Å²) in [4.78, 5) is 39.7. The topological polar surface area (TPSA) is 116 Å². The first-order valence-electron chi connectivity index (χ1n) is 8.10. The summed E-state index contributed by atoms with van der Waals surface area (Å²) in [6.07, 6.45) is 0. The number of hydrogen-bond acceptors (Lipinski definition) is 8. The molecule has 27 heavy (non-hydrogen) atoms. The fourth-order valence-electron chi connectivity index (χ4n) is 2.29. The van der Waals surface area contributed by atoms with E-state index in [-0.39, 0.29) is 30.9 Å². The minimum absolute atomic E-state index is 0.0311. The Morgan fingerprint density at radius 2 is 2.22 bits per heavy atom. The maximum absolute atomic E-state index is 12.1. The molecule has 10 heteroatoms. The molecule has 2 aromatic rings. The SMILES string of the molecule is CCOC(=O)c1sc(NC(=O)COc2ccc3c(c2)NC(=O)CO3)nc1C. The Morgan fingerprint density at radius 3 is 3.00 bits per heavy atom. The highest BCUT2D eigenvalue weighted by Crippen LogP contribution is 2.31. The fourth-order valence-corrected chi connectivity index (χ4v) is 3.17. The Kier molecular flexibility index (Phi) is 5.55. The van der Waals surface area contributed by atoms with E-state index in [0.29, 0.717) is 27.8 Å². The summed E-state index contributed by atoms with van der Waals surface area (Å²) >= 11 is 1.04. The van der Waals surface area contributed by atoms with E-state index in [1.165, 1.54) is 0 Å². The van der Waals surface area contributed by atoms with E-state index >= 15 is 0 Å². The lowest BCUT2D eigenvalue weighted by atomic mass is 10.2. The molecule has 1 aromatic heterocycles. The summed E-state index contributed by atoms with van der Waals surface area (Å²) in [5.41, 5.74) is 0.971. The second-order valence-electron chi connectivity index (χ2n) is 5.49. The molecule has 1 aliphatic heterocycles. The van der Waals surface area contributed by atoms with Crippen molar-refractivity contribution in [2.45, 2.75) is 13.8 Å². The minimum Gasteiger partial charge on any atom is -0.484 e. The van der Waals surface area contributed by atoms with Gasteiger partial charge < -0.3 is 19.5 Å². The van der Waals surface area contributed by atoms with Gasteiger partial charge in [-0.05, 0) is 26.0 Å². The molecule has 0 bridgehead atoms. The highest BCUT2D eigenvalue weighted by molar-refractivity contribution is 7.17. The summed E-state index contributed by atoms with van der Waals surface area (Å²) in [5.74, 6) is -0.220. The number of nitrogens with one attached hydrogen (secondary N) is 2. The lowest BCUT2D eigenvalue weighted by molar-refractivity contribution is -0.119. The zero-order valence-electron chi connectivity index (χ0n) is 14.7. The van der Waals surface area contributed by atoms with Gasteiger partial charge in [-0.1, -0.05) is 11.3 Å². The van der Waals surface area contributed by atoms with Crippen LogP contribution in [0.15, 0.2) is 18.2 Å². The summed E-state index contributed by atoms with van der Waals surface area (Å²) < 4.78 is 15.6. The third-order valence-corrected chi connectivity index (χ3v) is 4.51. The number of thiazole rings is 1. The second-order valence-corrected chi connectivity index (χ2v) is 6.48. The molecule has 3 rings (SSSR count). The van der Waals surface area contributed by atoms with Gasteiger partial charge in [-0.25, -0.2) is 9.78 Å². The van der Waals surface area contributed by atoms with E-state index in [9.17, 15) is 14.4 Å². The maximum Gasteiger partial charge on any atom is 0.350 e. The highest BCUT2D eigenvalue weighted by atomic mass is 32.1. The molecule has 2 N–H and O–H groups in total. The average Bonchev–Trinajstić information content (AvgIpc) is 3.00. The molecule has 0 fully saturated rings. The largest absolute Gasteiger partial charge is 0.484 e. The van der Waals surface area contributed by atoms with Crippen molar-refractivity contribution in [3.8, 4) is 11.5 Å². The number of ether oxygens (including phenoxy) is 3. The molecule has 0 atom stereocenters. The molecule has 1 aromatic carbocycles. The molecule has 0 saturated carbocycles. The number of nitrogens with zero attached hydrogens (tertiary/aromatic N) is 1. The van der Waals surface area contributed by atoms with Gasteiger partial charge in [0.25, 0.3) is 11.8 Å². The van der Waals surface area contributed by atoms with Crippen molar-refractivity contribution in [2.24, 2.45) is 0 Å². The third-order valence-electron chi connectivity index (χ3n) is 3.46. The number of rotatable bonds is 6. The first kappa shape index (κ1) is 18.6. The number of aryl methyl sites for hydroxylation is 1. The first-order valence-corrected chi connectivity index (χ1v) is 8.91. The zero-order chi connectivity index (χ0) is 19.4. The number of carbonyl (C=O) groups is 3. The van der Waals surface area contributed by atoms with E-state index in [4.69, 9.17) is 14.2 Å². The van der Waals surface area contributed by atoms with Crippen molar-refractivity contribution in [1.82, 2.24) is 4.98 Å². The Bertz CT molecular complexity index is 895. The van der Waals surface area contributed by atoms with Crippen LogP contribution in [0.1, 0.15) is 22.3 Å². The van der Waals surface area contributed by atoms with Gasteiger partial charge in [0.2, 0.25) is 0 Å². The lowest BCUT2D eigenvalue weighted by Crippen LogP contribution is -2.25.